The van der Waals surface area contributed by atoms with Gasteiger partial charge < -0.3 is 10.4 Å². The molecule has 0 aliphatic heterocycles. The first kappa shape index (κ1) is 15.9. The molecule has 3 rings (SSSR count). The van der Waals surface area contributed by atoms with Gasteiger partial charge in [0.15, 0.2) is 0 Å². The van der Waals surface area contributed by atoms with Gasteiger partial charge in [-0.1, -0.05) is 32.1 Å². The number of aryl methyl sites for hydroxylation is 1. The molecule has 1 heterocycles. The smallest absolute Gasteiger partial charge is 0.223 e. The van der Waals surface area contributed by atoms with Gasteiger partial charge in [-0.2, -0.15) is 0 Å². The molecule has 0 saturated heterocycles. The lowest BCUT2D eigenvalue weighted by Crippen LogP contribution is -2.47. The number of thiazole rings is 1. The van der Waals surface area contributed by atoms with Crippen LogP contribution in [-0.4, -0.2) is 21.6 Å². The predicted molar refractivity (Wildman–Crippen MR) is 87.8 cm³/mol. The standard InChI is InChI=1S/C17H26N2O2S/c1-13-12-22-15(18-13)17(9-5-6-10-17)19-14(20)11-16(21)7-3-2-4-8-16/h12,21H,2-11H2,1H3,(H,19,20). The van der Waals surface area contributed by atoms with E-state index in [4.69, 9.17) is 0 Å². The van der Waals surface area contributed by atoms with Crippen molar-refractivity contribution in [1.82, 2.24) is 10.3 Å². The van der Waals surface area contributed by atoms with Crippen molar-refractivity contribution in [1.29, 1.82) is 0 Å². The number of aliphatic hydroxyl groups is 1. The molecular formula is C17H26N2O2S. The topological polar surface area (TPSA) is 62.2 Å². The Hall–Kier alpha value is -0.940. The number of hydrogen-bond donors (Lipinski definition) is 2. The van der Waals surface area contributed by atoms with Gasteiger partial charge in [-0.05, 0) is 32.6 Å². The summed E-state index contributed by atoms with van der Waals surface area (Å²) < 4.78 is 0. The number of carbonyl (C=O) groups is 1. The Bertz CT molecular complexity index is 529. The minimum atomic E-state index is -0.791. The Kier molecular flexibility index (Phi) is 4.55. The highest BCUT2D eigenvalue weighted by Gasteiger charge is 2.41. The SMILES string of the molecule is Cc1csc(C2(NC(=O)CC3(O)CCCCC3)CCCC2)n1. The number of amides is 1. The zero-order chi connectivity index (χ0) is 15.6. The van der Waals surface area contributed by atoms with Crippen LogP contribution < -0.4 is 5.32 Å². The largest absolute Gasteiger partial charge is 0.389 e. The van der Waals surface area contributed by atoms with Gasteiger partial charge in [0.1, 0.15) is 5.01 Å². The number of carbonyl (C=O) groups excluding carboxylic acids is 1. The van der Waals surface area contributed by atoms with Crippen molar-refractivity contribution in [2.45, 2.75) is 82.3 Å². The fraction of sp³-hybridized carbons (Fsp3) is 0.765. The summed E-state index contributed by atoms with van der Waals surface area (Å²) in [5, 5.41) is 16.9. The van der Waals surface area contributed by atoms with Crippen LogP contribution in [-0.2, 0) is 10.3 Å². The second kappa shape index (κ2) is 6.28. The third-order valence-electron chi connectivity index (χ3n) is 5.14. The summed E-state index contributed by atoms with van der Waals surface area (Å²) in [5.74, 6) is -0.0147. The van der Waals surface area contributed by atoms with E-state index in [0.29, 0.717) is 0 Å². The van der Waals surface area contributed by atoms with E-state index in [1.807, 2.05) is 6.92 Å². The number of aromatic nitrogens is 1. The van der Waals surface area contributed by atoms with Crippen molar-refractivity contribution in [3.63, 3.8) is 0 Å². The summed E-state index contributed by atoms with van der Waals surface area (Å²) in [7, 11) is 0. The molecule has 1 aromatic rings. The Morgan fingerprint density at radius 1 is 1.23 bits per heavy atom. The molecule has 1 aromatic heterocycles. The molecular weight excluding hydrogens is 296 g/mol. The zero-order valence-electron chi connectivity index (χ0n) is 13.4. The molecule has 5 heteroatoms. The molecule has 22 heavy (non-hydrogen) atoms. The minimum absolute atomic E-state index is 0.0147. The maximum absolute atomic E-state index is 12.6. The Morgan fingerprint density at radius 3 is 2.45 bits per heavy atom. The normalized spacial score (nSPS) is 23.4. The van der Waals surface area contributed by atoms with E-state index < -0.39 is 5.60 Å². The average molecular weight is 322 g/mol. The molecule has 0 spiro atoms. The van der Waals surface area contributed by atoms with E-state index in [-0.39, 0.29) is 17.9 Å². The van der Waals surface area contributed by atoms with E-state index in [2.05, 4.69) is 15.7 Å². The predicted octanol–water partition coefficient (Wildman–Crippen LogP) is 3.42. The molecule has 122 valence electrons. The van der Waals surface area contributed by atoms with Crippen molar-refractivity contribution in [2.24, 2.45) is 0 Å². The second-order valence-corrected chi connectivity index (χ2v) is 7.95. The molecule has 0 aromatic carbocycles. The minimum Gasteiger partial charge on any atom is -0.389 e. The van der Waals surface area contributed by atoms with Crippen LogP contribution in [0.1, 0.15) is 74.9 Å². The van der Waals surface area contributed by atoms with Gasteiger partial charge in [-0.25, -0.2) is 4.98 Å². The summed E-state index contributed by atoms with van der Waals surface area (Å²) in [4.78, 5) is 17.2. The summed E-state index contributed by atoms with van der Waals surface area (Å²) in [6, 6.07) is 0. The maximum atomic E-state index is 12.6. The van der Waals surface area contributed by atoms with Crippen LogP contribution in [0, 0.1) is 6.92 Å². The number of nitrogens with one attached hydrogen (secondary N) is 1. The number of nitrogens with zero attached hydrogens (tertiary/aromatic N) is 1. The highest BCUT2D eigenvalue weighted by Crippen LogP contribution is 2.40. The van der Waals surface area contributed by atoms with Gasteiger partial charge in [0.25, 0.3) is 0 Å². The first-order chi connectivity index (χ1) is 10.5. The molecule has 2 aliphatic carbocycles. The van der Waals surface area contributed by atoms with Gasteiger partial charge in [0.2, 0.25) is 5.91 Å². The Labute approximate surface area is 136 Å². The van der Waals surface area contributed by atoms with E-state index in [1.54, 1.807) is 11.3 Å². The lowest BCUT2D eigenvalue weighted by atomic mass is 9.82. The molecule has 0 radical (unpaired) electrons. The van der Waals surface area contributed by atoms with Gasteiger partial charge in [-0.15, -0.1) is 11.3 Å². The van der Waals surface area contributed by atoms with Crippen molar-refractivity contribution in [2.75, 3.05) is 0 Å². The first-order valence-electron chi connectivity index (χ1n) is 8.47. The Morgan fingerprint density at radius 2 is 1.86 bits per heavy atom. The van der Waals surface area contributed by atoms with Gasteiger partial charge in [-0.3, -0.25) is 4.79 Å². The molecule has 4 nitrogen and oxygen atoms in total. The maximum Gasteiger partial charge on any atom is 0.223 e. The fourth-order valence-corrected chi connectivity index (χ4v) is 4.95. The zero-order valence-corrected chi connectivity index (χ0v) is 14.2. The van der Waals surface area contributed by atoms with Crippen LogP contribution in [0.2, 0.25) is 0 Å². The summed E-state index contributed by atoms with van der Waals surface area (Å²) in [5.41, 5.74) is -0.0615. The average Bonchev–Trinajstić information content (AvgIpc) is 3.09. The fourth-order valence-electron chi connectivity index (χ4n) is 3.94. The van der Waals surface area contributed by atoms with Gasteiger partial charge >= 0.3 is 0 Å². The monoisotopic (exact) mass is 322 g/mol. The van der Waals surface area contributed by atoms with Crippen molar-refractivity contribution in [3.05, 3.63) is 16.1 Å². The van der Waals surface area contributed by atoms with Crippen LogP contribution in [0.3, 0.4) is 0 Å². The van der Waals surface area contributed by atoms with Gasteiger partial charge in [0.05, 0.1) is 17.6 Å². The molecule has 2 fully saturated rings. The third-order valence-corrected chi connectivity index (χ3v) is 6.30. The molecule has 2 N–H and O–H groups in total. The van der Waals surface area contributed by atoms with Crippen molar-refractivity contribution < 1.29 is 9.90 Å². The van der Waals surface area contributed by atoms with E-state index in [9.17, 15) is 9.90 Å². The van der Waals surface area contributed by atoms with Gasteiger partial charge in [0, 0.05) is 11.1 Å². The van der Waals surface area contributed by atoms with Crippen LogP contribution in [0.15, 0.2) is 5.38 Å². The highest BCUT2D eigenvalue weighted by atomic mass is 32.1. The van der Waals surface area contributed by atoms with Crippen molar-refractivity contribution >= 4 is 17.2 Å². The molecule has 0 bridgehead atoms. The first-order valence-corrected chi connectivity index (χ1v) is 9.35. The van der Waals surface area contributed by atoms with Crippen LogP contribution in [0.5, 0.6) is 0 Å². The van der Waals surface area contributed by atoms with Crippen LogP contribution >= 0.6 is 11.3 Å². The summed E-state index contributed by atoms with van der Waals surface area (Å²) in [6.07, 6.45) is 9.15. The molecule has 0 unspecified atom stereocenters. The van der Waals surface area contributed by atoms with E-state index in [1.165, 1.54) is 6.42 Å². The number of hydrogen-bond acceptors (Lipinski definition) is 4. The number of rotatable bonds is 4. The summed E-state index contributed by atoms with van der Waals surface area (Å²) >= 11 is 1.64. The highest BCUT2D eigenvalue weighted by molar-refractivity contribution is 7.09. The summed E-state index contributed by atoms with van der Waals surface area (Å²) in [6.45, 7) is 2.00. The van der Waals surface area contributed by atoms with Crippen LogP contribution in [0.4, 0.5) is 0 Å². The lowest BCUT2D eigenvalue weighted by molar-refractivity contribution is -0.129. The molecule has 2 saturated carbocycles. The quantitative estimate of drug-likeness (QED) is 0.893. The lowest BCUT2D eigenvalue weighted by Gasteiger charge is -2.34. The molecule has 0 atom stereocenters. The third kappa shape index (κ3) is 3.35. The van der Waals surface area contributed by atoms with E-state index in [0.717, 1.165) is 62.1 Å². The molecule has 2 aliphatic rings. The van der Waals surface area contributed by atoms with Crippen LogP contribution in [0.25, 0.3) is 0 Å². The van der Waals surface area contributed by atoms with Crippen molar-refractivity contribution in [3.8, 4) is 0 Å². The second-order valence-electron chi connectivity index (χ2n) is 7.09. The Balaban J connectivity index is 1.70. The molecule has 1 amide bonds. The van der Waals surface area contributed by atoms with E-state index >= 15 is 0 Å².